The van der Waals surface area contributed by atoms with E-state index in [1.807, 2.05) is 19.2 Å². The van der Waals surface area contributed by atoms with Crippen LogP contribution in [0.5, 0.6) is 0 Å². The Kier molecular flexibility index (Phi) is 5.81. The molecular weight excluding hydrogens is 428 g/mol. The van der Waals surface area contributed by atoms with Gasteiger partial charge in [0.1, 0.15) is 5.82 Å². The number of hydrogen-bond acceptors (Lipinski definition) is 6. The van der Waals surface area contributed by atoms with Gasteiger partial charge in [0.15, 0.2) is 5.65 Å². The quantitative estimate of drug-likeness (QED) is 0.503. The first-order chi connectivity index (χ1) is 16.7. The molecule has 0 radical (unpaired) electrons. The zero-order valence-electron chi connectivity index (χ0n) is 19.7. The van der Waals surface area contributed by atoms with E-state index in [0.717, 1.165) is 79.9 Å². The van der Waals surface area contributed by atoms with Crippen LogP contribution in [0.2, 0.25) is 0 Å². The van der Waals surface area contributed by atoms with Crippen molar-refractivity contribution in [2.24, 2.45) is 17.8 Å². The highest BCUT2D eigenvalue weighted by atomic mass is 16.5. The molecule has 3 aliphatic rings. The van der Waals surface area contributed by atoms with Gasteiger partial charge in [-0.1, -0.05) is 30.3 Å². The van der Waals surface area contributed by atoms with Crippen molar-refractivity contribution in [3.05, 3.63) is 42.4 Å². The minimum Gasteiger partial charge on any atom is -0.466 e. The summed E-state index contributed by atoms with van der Waals surface area (Å²) in [6.07, 6.45) is 7.60. The SMILES string of the molecule is CCOC(=O)C1CCC(n2ncc3c(-c4ccccc4)nc(C4C5CCOCCC54)nc32)CC1. The third-order valence-corrected chi connectivity index (χ3v) is 8.00. The molecule has 3 aromatic rings. The lowest BCUT2D eigenvalue weighted by Crippen LogP contribution is -2.25. The van der Waals surface area contributed by atoms with Gasteiger partial charge in [0.25, 0.3) is 0 Å². The molecule has 2 atom stereocenters. The summed E-state index contributed by atoms with van der Waals surface area (Å²) in [4.78, 5) is 22.5. The molecule has 0 amide bonds. The summed E-state index contributed by atoms with van der Waals surface area (Å²) in [7, 11) is 0. The molecule has 0 N–H and O–H groups in total. The monoisotopic (exact) mass is 460 g/mol. The zero-order chi connectivity index (χ0) is 23.1. The van der Waals surface area contributed by atoms with Crippen LogP contribution >= 0.6 is 0 Å². The van der Waals surface area contributed by atoms with Gasteiger partial charge < -0.3 is 9.47 Å². The van der Waals surface area contributed by atoms with E-state index in [1.54, 1.807) is 0 Å². The molecule has 178 valence electrons. The highest BCUT2D eigenvalue weighted by Crippen LogP contribution is 2.58. The maximum atomic E-state index is 12.2. The lowest BCUT2D eigenvalue weighted by Gasteiger charge is -2.27. The van der Waals surface area contributed by atoms with E-state index in [9.17, 15) is 4.79 Å². The number of benzene rings is 1. The molecule has 2 unspecified atom stereocenters. The average Bonchev–Trinajstić information content (AvgIpc) is 3.48. The highest BCUT2D eigenvalue weighted by Gasteiger charge is 2.52. The third kappa shape index (κ3) is 3.90. The molecule has 3 heterocycles. The first kappa shape index (κ1) is 21.7. The lowest BCUT2D eigenvalue weighted by atomic mass is 9.86. The number of fused-ring (bicyclic) bond motifs is 2. The van der Waals surface area contributed by atoms with Crippen molar-refractivity contribution in [1.82, 2.24) is 19.7 Å². The van der Waals surface area contributed by atoms with E-state index < -0.39 is 0 Å². The molecule has 3 fully saturated rings. The van der Waals surface area contributed by atoms with Crippen LogP contribution in [-0.4, -0.2) is 45.5 Å². The van der Waals surface area contributed by atoms with Crippen molar-refractivity contribution >= 4 is 17.0 Å². The average molecular weight is 461 g/mol. The van der Waals surface area contributed by atoms with Crippen LogP contribution < -0.4 is 0 Å². The topological polar surface area (TPSA) is 79.1 Å². The van der Waals surface area contributed by atoms with Crippen LogP contribution in [0.25, 0.3) is 22.3 Å². The zero-order valence-corrected chi connectivity index (χ0v) is 19.7. The van der Waals surface area contributed by atoms with Crippen molar-refractivity contribution < 1.29 is 14.3 Å². The normalized spacial score (nSPS) is 28.8. The largest absolute Gasteiger partial charge is 0.466 e. The van der Waals surface area contributed by atoms with Gasteiger partial charge in [-0.3, -0.25) is 4.79 Å². The van der Waals surface area contributed by atoms with Crippen LogP contribution in [-0.2, 0) is 14.3 Å². The number of hydrogen-bond donors (Lipinski definition) is 0. The molecule has 1 saturated heterocycles. The summed E-state index contributed by atoms with van der Waals surface area (Å²) in [6.45, 7) is 3.99. The van der Waals surface area contributed by atoms with Crippen molar-refractivity contribution in [3.8, 4) is 11.3 Å². The molecule has 2 aromatic heterocycles. The smallest absolute Gasteiger partial charge is 0.308 e. The van der Waals surface area contributed by atoms with Gasteiger partial charge in [0, 0.05) is 24.7 Å². The molecule has 2 saturated carbocycles. The maximum Gasteiger partial charge on any atom is 0.308 e. The maximum absolute atomic E-state index is 12.2. The van der Waals surface area contributed by atoms with E-state index in [0.29, 0.717) is 24.4 Å². The fraction of sp³-hybridized carbons (Fsp3) is 0.556. The first-order valence-corrected chi connectivity index (χ1v) is 12.8. The van der Waals surface area contributed by atoms with Crippen LogP contribution in [0, 0.1) is 17.8 Å². The number of carbonyl (C=O) groups excluding carboxylic acids is 1. The van der Waals surface area contributed by atoms with Gasteiger partial charge >= 0.3 is 5.97 Å². The number of aromatic nitrogens is 4. The van der Waals surface area contributed by atoms with Crippen LogP contribution in [0.4, 0.5) is 0 Å². The number of esters is 1. The van der Waals surface area contributed by atoms with E-state index in [2.05, 4.69) is 28.9 Å². The molecule has 2 aliphatic carbocycles. The second-order valence-electron chi connectivity index (χ2n) is 9.92. The summed E-state index contributed by atoms with van der Waals surface area (Å²) in [6, 6.07) is 10.6. The van der Waals surface area contributed by atoms with Crippen molar-refractivity contribution in [1.29, 1.82) is 0 Å². The van der Waals surface area contributed by atoms with E-state index in [-0.39, 0.29) is 17.9 Å². The minimum absolute atomic E-state index is 0.00355. The van der Waals surface area contributed by atoms with E-state index >= 15 is 0 Å². The molecule has 0 bridgehead atoms. The van der Waals surface area contributed by atoms with Gasteiger partial charge in [0.05, 0.1) is 35.8 Å². The summed E-state index contributed by atoms with van der Waals surface area (Å²) in [5.74, 6) is 2.58. The van der Waals surface area contributed by atoms with E-state index in [4.69, 9.17) is 24.5 Å². The summed E-state index contributed by atoms with van der Waals surface area (Å²) in [5, 5.41) is 5.82. The second kappa shape index (κ2) is 9.10. The number of ether oxygens (including phenoxy) is 2. The first-order valence-electron chi connectivity index (χ1n) is 12.8. The van der Waals surface area contributed by atoms with Crippen LogP contribution in [0.1, 0.15) is 63.2 Å². The summed E-state index contributed by atoms with van der Waals surface area (Å²) in [5.41, 5.74) is 3.01. The number of carbonyl (C=O) groups is 1. The summed E-state index contributed by atoms with van der Waals surface area (Å²) >= 11 is 0. The van der Waals surface area contributed by atoms with Gasteiger partial charge in [-0.2, -0.15) is 5.10 Å². The van der Waals surface area contributed by atoms with Gasteiger partial charge in [-0.05, 0) is 57.3 Å². The Morgan fingerprint density at radius 2 is 1.76 bits per heavy atom. The van der Waals surface area contributed by atoms with Gasteiger partial charge in [-0.25, -0.2) is 14.6 Å². The Hall–Kier alpha value is -2.80. The minimum atomic E-state index is -0.0570. The Labute approximate surface area is 199 Å². The van der Waals surface area contributed by atoms with Crippen molar-refractivity contribution in [3.63, 3.8) is 0 Å². The van der Waals surface area contributed by atoms with Crippen LogP contribution in [0.15, 0.2) is 36.5 Å². The Morgan fingerprint density at radius 3 is 2.47 bits per heavy atom. The molecule has 6 rings (SSSR count). The fourth-order valence-corrected chi connectivity index (χ4v) is 6.15. The highest BCUT2D eigenvalue weighted by molar-refractivity contribution is 5.90. The van der Waals surface area contributed by atoms with Crippen molar-refractivity contribution in [2.45, 2.75) is 57.4 Å². The fourth-order valence-electron chi connectivity index (χ4n) is 6.15. The molecule has 7 nitrogen and oxygen atoms in total. The Bertz CT molecular complexity index is 1160. The lowest BCUT2D eigenvalue weighted by molar-refractivity contribution is -0.149. The molecule has 34 heavy (non-hydrogen) atoms. The number of rotatable bonds is 5. The molecule has 1 aromatic carbocycles. The molecule has 7 heteroatoms. The van der Waals surface area contributed by atoms with E-state index in [1.165, 1.54) is 0 Å². The van der Waals surface area contributed by atoms with Gasteiger partial charge in [-0.15, -0.1) is 0 Å². The van der Waals surface area contributed by atoms with Crippen molar-refractivity contribution in [2.75, 3.05) is 19.8 Å². The third-order valence-electron chi connectivity index (χ3n) is 8.00. The van der Waals surface area contributed by atoms with Gasteiger partial charge in [0.2, 0.25) is 0 Å². The van der Waals surface area contributed by atoms with Crippen LogP contribution in [0.3, 0.4) is 0 Å². The summed E-state index contributed by atoms with van der Waals surface area (Å²) < 4.78 is 13.0. The predicted molar refractivity (Wildman–Crippen MR) is 128 cm³/mol. The molecular formula is C27H32N4O3. The molecule has 1 aliphatic heterocycles. The Balaban J connectivity index is 1.35. The number of nitrogens with zero attached hydrogens (tertiary/aromatic N) is 4. The standard InChI is InChI=1S/C27H32N4O3/c1-2-34-27(32)18-8-10-19(11-9-18)31-26-22(16-28-31)24(17-6-4-3-5-7-17)29-25(30-26)23-20-12-14-33-15-13-21(20)23/h3-7,16,18-21,23H,2,8-15H2,1H3. The molecule has 0 spiro atoms. The second-order valence-corrected chi connectivity index (χ2v) is 9.92. The predicted octanol–water partition coefficient (Wildman–Crippen LogP) is 4.93. The Morgan fingerprint density at radius 1 is 1.03 bits per heavy atom.